The first-order chi connectivity index (χ1) is 14.5. The van der Waals surface area contributed by atoms with E-state index in [-0.39, 0.29) is 5.91 Å². The Bertz CT molecular complexity index is 1180. The molecule has 4 aromatic rings. The number of hydrogen-bond donors (Lipinski definition) is 1. The summed E-state index contributed by atoms with van der Waals surface area (Å²) in [7, 11) is 0. The van der Waals surface area contributed by atoms with Gasteiger partial charge in [0.05, 0.1) is 5.69 Å². The van der Waals surface area contributed by atoms with Crippen molar-refractivity contribution in [1.29, 1.82) is 0 Å². The van der Waals surface area contributed by atoms with Crippen LogP contribution in [0.2, 0.25) is 5.02 Å². The summed E-state index contributed by atoms with van der Waals surface area (Å²) in [6.45, 7) is 4.51. The molecular formula is C24H23ClN4O. The zero-order valence-corrected chi connectivity index (χ0v) is 17.8. The standard InChI is InChI=1S/C24H23ClN4O/c1-16-21(12-13-24(30)26-15-18-8-10-20(25)11-9-18)17(2)29-23(27-16)14-22(28-29)19-6-4-3-5-7-19/h3-11,14H,12-13,15H2,1-2H3,(H,26,30). The van der Waals surface area contributed by atoms with E-state index in [1.807, 2.05) is 79.0 Å². The zero-order chi connectivity index (χ0) is 21.1. The quantitative estimate of drug-likeness (QED) is 0.483. The van der Waals surface area contributed by atoms with Crippen molar-refractivity contribution in [2.75, 3.05) is 0 Å². The molecule has 4 rings (SSSR count). The van der Waals surface area contributed by atoms with Crippen molar-refractivity contribution in [2.45, 2.75) is 33.2 Å². The summed E-state index contributed by atoms with van der Waals surface area (Å²) in [4.78, 5) is 17.1. The number of benzene rings is 2. The van der Waals surface area contributed by atoms with Gasteiger partial charge < -0.3 is 5.32 Å². The molecule has 0 bridgehead atoms. The van der Waals surface area contributed by atoms with Crippen LogP contribution >= 0.6 is 11.6 Å². The maximum absolute atomic E-state index is 12.4. The molecule has 0 aliphatic rings. The Hall–Kier alpha value is -3.18. The molecule has 152 valence electrons. The molecule has 2 aromatic heterocycles. The topological polar surface area (TPSA) is 59.3 Å². The molecule has 30 heavy (non-hydrogen) atoms. The van der Waals surface area contributed by atoms with E-state index in [4.69, 9.17) is 21.7 Å². The molecule has 1 N–H and O–H groups in total. The van der Waals surface area contributed by atoms with Crippen LogP contribution in [0, 0.1) is 13.8 Å². The lowest BCUT2D eigenvalue weighted by atomic mass is 10.1. The van der Waals surface area contributed by atoms with E-state index < -0.39 is 0 Å². The molecule has 2 aromatic carbocycles. The lowest BCUT2D eigenvalue weighted by molar-refractivity contribution is -0.121. The van der Waals surface area contributed by atoms with Gasteiger partial charge in [0.25, 0.3) is 0 Å². The van der Waals surface area contributed by atoms with E-state index in [1.165, 1.54) is 0 Å². The largest absolute Gasteiger partial charge is 0.352 e. The van der Waals surface area contributed by atoms with E-state index in [2.05, 4.69) is 5.32 Å². The van der Waals surface area contributed by atoms with Gasteiger partial charge in [0.2, 0.25) is 5.91 Å². The summed E-state index contributed by atoms with van der Waals surface area (Å²) in [5.41, 5.74) is 6.81. The molecule has 0 atom stereocenters. The fourth-order valence-corrected chi connectivity index (χ4v) is 3.69. The number of fused-ring (bicyclic) bond motifs is 1. The molecule has 0 spiro atoms. The van der Waals surface area contributed by atoms with Gasteiger partial charge in [-0.3, -0.25) is 4.79 Å². The van der Waals surface area contributed by atoms with Crippen molar-refractivity contribution >= 4 is 23.2 Å². The summed E-state index contributed by atoms with van der Waals surface area (Å²) in [6.07, 6.45) is 1.02. The Labute approximate surface area is 180 Å². The van der Waals surface area contributed by atoms with Crippen LogP contribution < -0.4 is 5.32 Å². The second kappa shape index (κ2) is 8.67. The molecule has 0 aliphatic carbocycles. The predicted molar refractivity (Wildman–Crippen MR) is 120 cm³/mol. The number of aromatic nitrogens is 3. The Balaban J connectivity index is 1.47. The van der Waals surface area contributed by atoms with Crippen LogP contribution in [0.25, 0.3) is 16.9 Å². The molecule has 0 radical (unpaired) electrons. The van der Waals surface area contributed by atoms with Crippen molar-refractivity contribution in [3.8, 4) is 11.3 Å². The van der Waals surface area contributed by atoms with Crippen LogP contribution in [0.5, 0.6) is 0 Å². The Kier molecular flexibility index (Phi) is 5.81. The van der Waals surface area contributed by atoms with E-state index >= 15 is 0 Å². The molecule has 6 heteroatoms. The van der Waals surface area contributed by atoms with Crippen molar-refractivity contribution in [3.05, 3.63) is 88.2 Å². The first kappa shape index (κ1) is 20.1. The average molecular weight is 419 g/mol. The molecule has 0 unspecified atom stereocenters. The number of aryl methyl sites for hydroxylation is 2. The second-order valence-corrected chi connectivity index (χ2v) is 7.77. The highest BCUT2D eigenvalue weighted by Gasteiger charge is 2.14. The van der Waals surface area contributed by atoms with Crippen molar-refractivity contribution < 1.29 is 4.79 Å². The highest BCUT2D eigenvalue weighted by molar-refractivity contribution is 6.30. The number of hydrogen-bond acceptors (Lipinski definition) is 3. The summed E-state index contributed by atoms with van der Waals surface area (Å²) in [5.74, 6) is 0.00860. The lowest BCUT2D eigenvalue weighted by Gasteiger charge is -2.11. The molecule has 0 aliphatic heterocycles. The van der Waals surface area contributed by atoms with Gasteiger partial charge in [0, 0.05) is 41.0 Å². The molecule has 2 heterocycles. The van der Waals surface area contributed by atoms with E-state index in [0.717, 1.165) is 39.4 Å². The van der Waals surface area contributed by atoms with Gasteiger partial charge >= 0.3 is 0 Å². The monoisotopic (exact) mass is 418 g/mol. The fourth-order valence-electron chi connectivity index (χ4n) is 3.57. The molecule has 0 saturated carbocycles. The fraction of sp³-hybridized carbons (Fsp3) is 0.208. The first-order valence-corrected chi connectivity index (χ1v) is 10.3. The number of carbonyl (C=O) groups is 1. The smallest absolute Gasteiger partial charge is 0.220 e. The molecule has 0 saturated heterocycles. The van der Waals surface area contributed by atoms with Crippen LogP contribution in [0.15, 0.2) is 60.7 Å². The van der Waals surface area contributed by atoms with Gasteiger partial charge in [-0.2, -0.15) is 5.10 Å². The van der Waals surface area contributed by atoms with Crippen LogP contribution in [-0.4, -0.2) is 20.5 Å². The number of nitrogens with zero attached hydrogens (tertiary/aromatic N) is 3. The minimum Gasteiger partial charge on any atom is -0.352 e. The molecule has 1 amide bonds. The van der Waals surface area contributed by atoms with Gasteiger partial charge in [0.15, 0.2) is 5.65 Å². The third-order valence-electron chi connectivity index (χ3n) is 5.24. The third-order valence-corrected chi connectivity index (χ3v) is 5.49. The lowest BCUT2D eigenvalue weighted by Crippen LogP contribution is -2.23. The normalized spacial score (nSPS) is 11.0. The van der Waals surface area contributed by atoms with E-state index in [1.54, 1.807) is 0 Å². The Morgan fingerprint density at radius 2 is 1.80 bits per heavy atom. The zero-order valence-electron chi connectivity index (χ0n) is 17.0. The molecular weight excluding hydrogens is 396 g/mol. The third kappa shape index (κ3) is 4.36. The highest BCUT2D eigenvalue weighted by atomic mass is 35.5. The number of nitrogens with one attached hydrogen (secondary N) is 1. The first-order valence-electron chi connectivity index (χ1n) is 9.93. The molecule has 5 nitrogen and oxygen atoms in total. The van der Waals surface area contributed by atoms with Crippen LogP contribution in [0.3, 0.4) is 0 Å². The minimum atomic E-state index is 0.00860. The minimum absolute atomic E-state index is 0.00860. The Morgan fingerprint density at radius 1 is 1.07 bits per heavy atom. The summed E-state index contributed by atoms with van der Waals surface area (Å²) >= 11 is 5.90. The number of halogens is 1. The van der Waals surface area contributed by atoms with Gasteiger partial charge in [-0.15, -0.1) is 0 Å². The Morgan fingerprint density at radius 3 is 2.53 bits per heavy atom. The van der Waals surface area contributed by atoms with Gasteiger partial charge in [-0.05, 0) is 43.5 Å². The summed E-state index contributed by atoms with van der Waals surface area (Å²) in [6, 6.07) is 19.5. The van der Waals surface area contributed by atoms with Crippen molar-refractivity contribution in [2.24, 2.45) is 0 Å². The van der Waals surface area contributed by atoms with Crippen LogP contribution in [0.4, 0.5) is 0 Å². The van der Waals surface area contributed by atoms with E-state index in [9.17, 15) is 4.79 Å². The van der Waals surface area contributed by atoms with Crippen LogP contribution in [0.1, 0.15) is 28.9 Å². The van der Waals surface area contributed by atoms with Crippen molar-refractivity contribution in [3.63, 3.8) is 0 Å². The maximum atomic E-state index is 12.4. The van der Waals surface area contributed by atoms with Gasteiger partial charge in [-0.25, -0.2) is 9.50 Å². The second-order valence-electron chi connectivity index (χ2n) is 7.33. The number of amides is 1. The van der Waals surface area contributed by atoms with Crippen molar-refractivity contribution in [1.82, 2.24) is 19.9 Å². The summed E-state index contributed by atoms with van der Waals surface area (Å²) in [5, 5.41) is 8.39. The van der Waals surface area contributed by atoms with Crippen LogP contribution in [-0.2, 0) is 17.8 Å². The highest BCUT2D eigenvalue weighted by Crippen LogP contribution is 2.22. The SMILES string of the molecule is Cc1nc2cc(-c3ccccc3)nn2c(C)c1CCC(=O)NCc1ccc(Cl)cc1. The average Bonchev–Trinajstić information content (AvgIpc) is 3.18. The van der Waals surface area contributed by atoms with Gasteiger partial charge in [0.1, 0.15) is 0 Å². The van der Waals surface area contributed by atoms with E-state index in [0.29, 0.717) is 24.4 Å². The number of carbonyl (C=O) groups excluding carboxylic acids is 1. The van der Waals surface area contributed by atoms with Gasteiger partial charge in [-0.1, -0.05) is 54.1 Å². The number of rotatable bonds is 6. The predicted octanol–water partition coefficient (Wildman–Crippen LogP) is 4.92. The summed E-state index contributed by atoms with van der Waals surface area (Å²) < 4.78 is 1.87. The molecule has 0 fully saturated rings. The maximum Gasteiger partial charge on any atom is 0.220 e.